The molecule has 1 aliphatic carbocycles. The van der Waals surface area contributed by atoms with Gasteiger partial charge in [-0.25, -0.2) is 0 Å². The molecule has 1 saturated heterocycles. The summed E-state index contributed by atoms with van der Waals surface area (Å²) in [5.74, 6) is 0.537. The van der Waals surface area contributed by atoms with E-state index in [4.69, 9.17) is 5.73 Å². The van der Waals surface area contributed by atoms with Crippen LogP contribution in [0.1, 0.15) is 31.2 Å². The van der Waals surface area contributed by atoms with Crippen molar-refractivity contribution in [2.45, 2.75) is 44.2 Å². The Bertz CT molecular complexity index is 557. The Kier molecular flexibility index (Phi) is 4.96. The molecule has 0 radical (unpaired) electrons. The minimum Gasteiger partial charge on any atom is -0.353 e. The van der Waals surface area contributed by atoms with Crippen LogP contribution < -0.4 is 11.1 Å². The van der Waals surface area contributed by atoms with Gasteiger partial charge >= 0.3 is 0 Å². The van der Waals surface area contributed by atoms with Gasteiger partial charge in [-0.1, -0.05) is 30.3 Å². The van der Waals surface area contributed by atoms with Gasteiger partial charge in [0.1, 0.15) is 6.04 Å². The van der Waals surface area contributed by atoms with Gasteiger partial charge in [0, 0.05) is 19.1 Å². The Morgan fingerprint density at radius 1 is 1.22 bits per heavy atom. The molecule has 1 saturated carbocycles. The molecule has 2 fully saturated rings. The first-order valence-electron chi connectivity index (χ1n) is 8.52. The fourth-order valence-electron chi connectivity index (χ4n) is 3.24. The Morgan fingerprint density at radius 3 is 2.65 bits per heavy atom. The summed E-state index contributed by atoms with van der Waals surface area (Å²) in [5, 5.41) is 2.94. The van der Waals surface area contributed by atoms with E-state index in [2.05, 4.69) is 5.32 Å². The van der Waals surface area contributed by atoms with Crippen molar-refractivity contribution >= 4 is 11.8 Å². The summed E-state index contributed by atoms with van der Waals surface area (Å²) in [6.07, 6.45) is 4.31. The van der Waals surface area contributed by atoms with Crippen molar-refractivity contribution in [1.82, 2.24) is 10.2 Å². The molecule has 23 heavy (non-hydrogen) atoms. The number of benzene rings is 1. The minimum atomic E-state index is -0.336. The second-order valence-electron chi connectivity index (χ2n) is 6.65. The number of likely N-dealkylation sites (tertiary alicyclic amines) is 1. The molecule has 3 N–H and O–H groups in total. The third-order valence-electron chi connectivity index (χ3n) is 4.81. The Balaban J connectivity index is 1.53. The van der Waals surface area contributed by atoms with Gasteiger partial charge < -0.3 is 16.0 Å². The average molecular weight is 315 g/mol. The summed E-state index contributed by atoms with van der Waals surface area (Å²) >= 11 is 0. The number of carbonyl (C=O) groups is 2. The Hall–Kier alpha value is -1.88. The summed E-state index contributed by atoms with van der Waals surface area (Å²) in [6, 6.07) is 9.39. The number of nitrogens with two attached hydrogens (primary N) is 1. The van der Waals surface area contributed by atoms with Gasteiger partial charge in [-0.15, -0.1) is 0 Å². The van der Waals surface area contributed by atoms with E-state index in [0.717, 1.165) is 18.4 Å². The van der Waals surface area contributed by atoms with E-state index in [9.17, 15) is 9.59 Å². The molecule has 1 aromatic carbocycles. The van der Waals surface area contributed by atoms with Crippen LogP contribution in [-0.2, 0) is 16.0 Å². The normalized spacial score (nSPS) is 22.0. The highest BCUT2D eigenvalue weighted by atomic mass is 16.2. The highest BCUT2D eigenvalue weighted by molar-refractivity contribution is 5.89. The van der Waals surface area contributed by atoms with Crippen LogP contribution in [0.3, 0.4) is 0 Å². The molecule has 1 heterocycles. The molecule has 1 aromatic rings. The lowest BCUT2D eigenvalue weighted by molar-refractivity contribution is -0.138. The van der Waals surface area contributed by atoms with Crippen molar-refractivity contribution in [1.29, 1.82) is 0 Å². The predicted molar refractivity (Wildman–Crippen MR) is 88.6 cm³/mol. The highest BCUT2D eigenvalue weighted by Crippen LogP contribution is 2.31. The van der Waals surface area contributed by atoms with Crippen LogP contribution in [-0.4, -0.2) is 41.9 Å². The van der Waals surface area contributed by atoms with E-state index in [1.165, 1.54) is 12.8 Å². The van der Waals surface area contributed by atoms with Crippen LogP contribution in [0.25, 0.3) is 0 Å². The molecule has 124 valence electrons. The molecule has 2 atom stereocenters. The number of rotatable bonds is 6. The lowest BCUT2D eigenvalue weighted by atomic mass is 10.1. The summed E-state index contributed by atoms with van der Waals surface area (Å²) < 4.78 is 0. The van der Waals surface area contributed by atoms with Crippen molar-refractivity contribution in [2.75, 3.05) is 13.1 Å². The van der Waals surface area contributed by atoms with E-state index in [-0.39, 0.29) is 23.9 Å². The first-order chi connectivity index (χ1) is 11.1. The van der Waals surface area contributed by atoms with E-state index in [1.807, 2.05) is 30.3 Å². The zero-order valence-corrected chi connectivity index (χ0v) is 13.4. The molecule has 5 nitrogen and oxygen atoms in total. The molecule has 0 aromatic heterocycles. The molecule has 0 spiro atoms. The number of carbonyl (C=O) groups excluding carboxylic acids is 2. The number of nitrogens with one attached hydrogen (secondary N) is 1. The highest BCUT2D eigenvalue weighted by Gasteiger charge is 2.35. The standard InChI is InChI=1S/C18H25N3O2/c19-15(14-8-9-14)12-20-18(23)16-7-4-10-21(16)17(22)11-13-5-2-1-3-6-13/h1-3,5-6,14-16H,4,7-12,19H2,(H,20,23). The van der Waals surface area contributed by atoms with E-state index >= 15 is 0 Å². The van der Waals surface area contributed by atoms with Gasteiger partial charge in [0.25, 0.3) is 0 Å². The molecular formula is C18H25N3O2. The molecule has 2 aliphatic rings. The number of amides is 2. The van der Waals surface area contributed by atoms with Gasteiger partial charge in [-0.05, 0) is 37.2 Å². The second kappa shape index (κ2) is 7.13. The van der Waals surface area contributed by atoms with Crippen LogP contribution >= 0.6 is 0 Å². The van der Waals surface area contributed by atoms with Crippen LogP contribution in [0, 0.1) is 5.92 Å². The lowest BCUT2D eigenvalue weighted by Gasteiger charge is -2.24. The fourth-order valence-corrected chi connectivity index (χ4v) is 3.24. The Morgan fingerprint density at radius 2 is 1.96 bits per heavy atom. The topological polar surface area (TPSA) is 75.4 Å². The second-order valence-corrected chi connectivity index (χ2v) is 6.65. The molecular weight excluding hydrogens is 290 g/mol. The molecule has 5 heteroatoms. The molecule has 1 aliphatic heterocycles. The van der Waals surface area contributed by atoms with Gasteiger partial charge in [-0.3, -0.25) is 9.59 Å². The lowest BCUT2D eigenvalue weighted by Crippen LogP contribution is -2.49. The van der Waals surface area contributed by atoms with Crippen LogP contribution in [0.15, 0.2) is 30.3 Å². The number of hydrogen-bond acceptors (Lipinski definition) is 3. The largest absolute Gasteiger partial charge is 0.353 e. The van der Waals surface area contributed by atoms with Gasteiger partial charge in [0.15, 0.2) is 0 Å². The van der Waals surface area contributed by atoms with Gasteiger partial charge in [0.05, 0.1) is 6.42 Å². The monoisotopic (exact) mass is 315 g/mol. The number of hydrogen-bond donors (Lipinski definition) is 2. The fraction of sp³-hybridized carbons (Fsp3) is 0.556. The molecule has 2 amide bonds. The summed E-state index contributed by atoms with van der Waals surface area (Å²) in [5.41, 5.74) is 7.01. The van der Waals surface area contributed by atoms with Crippen molar-refractivity contribution in [3.63, 3.8) is 0 Å². The third-order valence-corrected chi connectivity index (χ3v) is 4.81. The van der Waals surface area contributed by atoms with Crippen LogP contribution in [0.2, 0.25) is 0 Å². The van der Waals surface area contributed by atoms with Crippen molar-refractivity contribution in [2.24, 2.45) is 11.7 Å². The predicted octanol–water partition coefficient (Wildman–Crippen LogP) is 1.07. The summed E-state index contributed by atoms with van der Waals surface area (Å²) in [6.45, 7) is 1.18. The third kappa shape index (κ3) is 4.10. The van der Waals surface area contributed by atoms with E-state index < -0.39 is 0 Å². The Labute approximate surface area is 137 Å². The quantitative estimate of drug-likeness (QED) is 0.824. The van der Waals surface area contributed by atoms with Gasteiger partial charge in [-0.2, -0.15) is 0 Å². The summed E-state index contributed by atoms with van der Waals surface area (Å²) in [7, 11) is 0. The zero-order valence-electron chi connectivity index (χ0n) is 13.4. The van der Waals surface area contributed by atoms with Crippen molar-refractivity contribution in [3.05, 3.63) is 35.9 Å². The first-order valence-corrected chi connectivity index (χ1v) is 8.52. The van der Waals surface area contributed by atoms with E-state index in [1.54, 1.807) is 4.90 Å². The van der Waals surface area contributed by atoms with Crippen LogP contribution in [0.4, 0.5) is 0 Å². The van der Waals surface area contributed by atoms with Crippen LogP contribution in [0.5, 0.6) is 0 Å². The summed E-state index contributed by atoms with van der Waals surface area (Å²) in [4.78, 5) is 26.6. The number of nitrogens with zero attached hydrogens (tertiary/aromatic N) is 1. The molecule has 3 rings (SSSR count). The van der Waals surface area contributed by atoms with E-state index in [0.29, 0.717) is 25.4 Å². The SMILES string of the molecule is NC(CNC(=O)C1CCCN1C(=O)Cc1ccccc1)C1CC1. The average Bonchev–Trinajstić information content (AvgIpc) is 3.29. The first kappa shape index (κ1) is 16.0. The molecule has 2 unspecified atom stereocenters. The maximum atomic E-state index is 12.5. The van der Waals surface area contributed by atoms with Gasteiger partial charge in [0.2, 0.25) is 11.8 Å². The zero-order chi connectivity index (χ0) is 16.2. The maximum absolute atomic E-state index is 12.5. The minimum absolute atomic E-state index is 0.0281. The van der Waals surface area contributed by atoms with Crippen molar-refractivity contribution in [3.8, 4) is 0 Å². The van der Waals surface area contributed by atoms with Crippen molar-refractivity contribution < 1.29 is 9.59 Å². The maximum Gasteiger partial charge on any atom is 0.242 e. The smallest absolute Gasteiger partial charge is 0.242 e. The molecule has 0 bridgehead atoms.